The number of amides is 2. The van der Waals surface area contributed by atoms with Gasteiger partial charge in [0.2, 0.25) is 0 Å². The molecular weight excluding hydrogens is 310 g/mol. The number of urea groups is 1. The maximum atomic E-state index is 12.1. The van der Waals surface area contributed by atoms with Gasteiger partial charge in [-0.2, -0.15) is 0 Å². The zero-order valence-corrected chi connectivity index (χ0v) is 13.5. The van der Waals surface area contributed by atoms with Gasteiger partial charge in [-0.15, -0.1) is 11.3 Å². The number of nitrogens with zero attached hydrogens (tertiary/aromatic N) is 1. The molecule has 0 spiro atoms. The molecule has 0 saturated heterocycles. The highest BCUT2D eigenvalue weighted by Crippen LogP contribution is 2.24. The Labute approximate surface area is 138 Å². The minimum atomic E-state index is -0.281. The Balaban J connectivity index is 1.61. The molecule has 5 nitrogen and oxygen atoms in total. The molecule has 3 aromatic rings. The maximum Gasteiger partial charge on any atom is 0.319 e. The van der Waals surface area contributed by atoms with E-state index >= 15 is 0 Å². The van der Waals surface area contributed by atoms with E-state index in [-0.39, 0.29) is 6.03 Å². The molecule has 0 unspecified atom stereocenters. The molecule has 0 bridgehead atoms. The van der Waals surface area contributed by atoms with Crippen LogP contribution in [0.1, 0.15) is 11.9 Å². The highest BCUT2D eigenvalue weighted by molar-refractivity contribution is 7.18. The van der Waals surface area contributed by atoms with E-state index < -0.39 is 0 Å². The van der Waals surface area contributed by atoms with Gasteiger partial charge in [-0.25, -0.2) is 9.78 Å². The zero-order chi connectivity index (χ0) is 16.1. The van der Waals surface area contributed by atoms with Crippen molar-refractivity contribution >= 4 is 33.3 Å². The number of hydrogen-bond donors (Lipinski definition) is 2. The average Bonchev–Trinajstić information content (AvgIpc) is 2.98. The van der Waals surface area contributed by atoms with Gasteiger partial charge < -0.3 is 15.4 Å². The van der Waals surface area contributed by atoms with Gasteiger partial charge in [-0.3, -0.25) is 0 Å². The van der Waals surface area contributed by atoms with Crippen LogP contribution in [0.4, 0.5) is 10.5 Å². The van der Waals surface area contributed by atoms with Gasteiger partial charge in [0.1, 0.15) is 10.8 Å². The molecule has 6 heteroatoms. The normalized spacial score (nSPS) is 10.5. The molecule has 2 amide bonds. The first-order chi connectivity index (χ1) is 11.3. The molecule has 0 atom stereocenters. The third-order valence-electron chi connectivity index (χ3n) is 3.17. The van der Waals surface area contributed by atoms with Gasteiger partial charge in [0.05, 0.1) is 29.1 Å². The lowest BCUT2D eigenvalue weighted by Gasteiger charge is -2.11. The van der Waals surface area contributed by atoms with Crippen LogP contribution in [0.25, 0.3) is 10.2 Å². The van der Waals surface area contributed by atoms with Gasteiger partial charge in [-0.05, 0) is 31.2 Å². The number of hydrogen-bond acceptors (Lipinski definition) is 4. The van der Waals surface area contributed by atoms with E-state index in [0.717, 1.165) is 15.2 Å². The first kappa shape index (κ1) is 15.3. The summed E-state index contributed by atoms with van der Waals surface area (Å²) in [4.78, 5) is 16.5. The number of nitrogens with one attached hydrogen (secondary N) is 2. The smallest absolute Gasteiger partial charge is 0.319 e. The van der Waals surface area contributed by atoms with Crippen LogP contribution < -0.4 is 15.4 Å². The fourth-order valence-electron chi connectivity index (χ4n) is 2.17. The van der Waals surface area contributed by atoms with Crippen LogP contribution >= 0.6 is 11.3 Å². The van der Waals surface area contributed by atoms with E-state index in [4.69, 9.17) is 4.74 Å². The maximum absolute atomic E-state index is 12.1. The number of aromatic nitrogens is 1. The summed E-state index contributed by atoms with van der Waals surface area (Å²) in [7, 11) is 0. The molecule has 0 aliphatic carbocycles. The molecule has 1 aromatic heterocycles. The van der Waals surface area contributed by atoms with Gasteiger partial charge in [-0.1, -0.05) is 24.3 Å². The van der Waals surface area contributed by atoms with Crippen molar-refractivity contribution < 1.29 is 9.53 Å². The van der Waals surface area contributed by atoms with E-state index in [1.807, 2.05) is 55.5 Å². The summed E-state index contributed by atoms with van der Waals surface area (Å²) in [5.74, 6) is 0.658. The number of rotatable bonds is 5. The Kier molecular flexibility index (Phi) is 4.73. The summed E-state index contributed by atoms with van der Waals surface area (Å²) < 4.78 is 6.60. The van der Waals surface area contributed by atoms with E-state index in [1.54, 1.807) is 11.3 Å². The predicted octanol–water partition coefficient (Wildman–Crippen LogP) is 4.02. The molecule has 0 aliphatic heterocycles. The van der Waals surface area contributed by atoms with E-state index in [0.29, 0.717) is 24.6 Å². The third kappa shape index (κ3) is 3.78. The Morgan fingerprint density at radius 2 is 1.96 bits per heavy atom. The number of anilines is 1. The van der Waals surface area contributed by atoms with Gasteiger partial charge in [0, 0.05) is 0 Å². The van der Waals surface area contributed by atoms with Crippen LogP contribution in [-0.2, 0) is 6.54 Å². The Bertz CT molecular complexity index is 783. The standard InChI is InChI=1S/C17H17N3O2S/c1-2-22-14-9-5-3-7-12(14)20-17(21)18-11-16-19-13-8-4-6-10-15(13)23-16/h3-10H,2,11H2,1H3,(H2,18,20,21). The summed E-state index contributed by atoms with van der Waals surface area (Å²) in [6.45, 7) is 2.85. The molecule has 3 rings (SSSR count). The summed E-state index contributed by atoms with van der Waals surface area (Å²) in [5, 5.41) is 6.50. The lowest BCUT2D eigenvalue weighted by molar-refractivity contribution is 0.251. The molecule has 118 valence electrons. The quantitative estimate of drug-likeness (QED) is 0.744. The molecule has 1 heterocycles. The fraction of sp³-hybridized carbons (Fsp3) is 0.176. The zero-order valence-electron chi connectivity index (χ0n) is 12.7. The van der Waals surface area contributed by atoms with Gasteiger partial charge in [0.25, 0.3) is 0 Å². The Morgan fingerprint density at radius 1 is 1.17 bits per heavy atom. The molecule has 0 saturated carbocycles. The van der Waals surface area contributed by atoms with E-state index in [2.05, 4.69) is 15.6 Å². The minimum Gasteiger partial charge on any atom is -0.492 e. The van der Waals surface area contributed by atoms with E-state index in [1.165, 1.54) is 0 Å². The number of thiazole rings is 1. The van der Waals surface area contributed by atoms with Crippen molar-refractivity contribution in [1.29, 1.82) is 0 Å². The van der Waals surface area contributed by atoms with Gasteiger partial charge >= 0.3 is 6.03 Å². The van der Waals surface area contributed by atoms with Gasteiger partial charge in [0.15, 0.2) is 0 Å². The summed E-state index contributed by atoms with van der Waals surface area (Å²) in [6, 6.07) is 15.0. The fourth-order valence-corrected chi connectivity index (χ4v) is 3.08. The van der Waals surface area contributed by atoms with Crippen molar-refractivity contribution in [3.8, 4) is 5.75 Å². The number of fused-ring (bicyclic) bond motifs is 1. The van der Waals surface area contributed by atoms with Crippen LogP contribution in [0.3, 0.4) is 0 Å². The van der Waals surface area contributed by atoms with Crippen molar-refractivity contribution in [2.45, 2.75) is 13.5 Å². The Morgan fingerprint density at radius 3 is 2.78 bits per heavy atom. The van der Waals surface area contributed by atoms with Crippen LogP contribution in [0.5, 0.6) is 5.75 Å². The number of para-hydroxylation sites is 3. The number of carbonyl (C=O) groups excluding carboxylic acids is 1. The van der Waals surface area contributed by atoms with Crippen LogP contribution in [0.15, 0.2) is 48.5 Å². The number of benzene rings is 2. The topological polar surface area (TPSA) is 63.2 Å². The van der Waals surface area contributed by atoms with Crippen LogP contribution in [0, 0.1) is 0 Å². The van der Waals surface area contributed by atoms with Crippen molar-refractivity contribution in [2.24, 2.45) is 0 Å². The van der Waals surface area contributed by atoms with Crippen molar-refractivity contribution in [3.05, 3.63) is 53.5 Å². The lowest BCUT2D eigenvalue weighted by atomic mass is 10.3. The molecule has 23 heavy (non-hydrogen) atoms. The highest BCUT2D eigenvalue weighted by atomic mass is 32.1. The Hall–Kier alpha value is -2.60. The van der Waals surface area contributed by atoms with Crippen molar-refractivity contribution in [2.75, 3.05) is 11.9 Å². The minimum absolute atomic E-state index is 0.281. The second-order valence-electron chi connectivity index (χ2n) is 4.81. The second-order valence-corrected chi connectivity index (χ2v) is 5.93. The second kappa shape index (κ2) is 7.11. The largest absolute Gasteiger partial charge is 0.492 e. The lowest BCUT2D eigenvalue weighted by Crippen LogP contribution is -2.28. The molecule has 0 aliphatic rings. The first-order valence-electron chi connectivity index (χ1n) is 7.37. The van der Waals surface area contributed by atoms with Crippen LogP contribution in [0.2, 0.25) is 0 Å². The number of carbonyl (C=O) groups is 1. The first-order valence-corrected chi connectivity index (χ1v) is 8.19. The molecule has 2 N–H and O–H groups in total. The summed E-state index contributed by atoms with van der Waals surface area (Å²) in [5.41, 5.74) is 1.60. The average molecular weight is 327 g/mol. The van der Waals surface area contributed by atoms with Crippen LogP contribution in [-0.4, -0.2) is 17.6 Å². The summed E-state index contributed by atoms with van der Waals surface area (Å²) in [6.07, 6.45) is 0. The molecular formula is C17H17N3O2S. The molecule has 0 radical (unpaired) electrons. The van der Waals surface area contributed by atoms with E-state index in [9.17, 15) is 4.79 Å². The monoisotopic (exact) mass is 327 g/mol. The van der Waals surface area contributed by atoms with Crippen molar-refractivity contribution in [3.63, 3.8) is 0 Å². The number of ether oxygens (including phenoxy) is 1. The SMILES string of the molecule is CCOc1ccccc1NC(=O)NCc1nc2ccccc2s1. The highest BCUT2D eigenvalue weighted by Gasteiger charge is 2.08. The summed E-state index contributed by atoms with van der Waals surface area (Å²) >= 11 is 1.58. The predicted molar refractivity (Wildman–Crippen MR) is 93.1 cm³/mol. The molecule has 0 fully saturated rings. The molecule has 2 aromatic carbocycles. The van der Waals surface area contributed by atoms with Crippen molar-refractivity contribution in [1.82, 2.24) is 10.3 Å². The third-order valence-corrected chi connectivity index (χ3v) is 4.21.